The predicted molar refractivity (Wildman–Crippen MR) is 115 cm³/mol. The van der Waals surface area contributed by atoms with E-state index in [1.54, 1.807) is 6.07 Å². The third kappa shape index (κ3) is 4.43. The number of nitrogens with one attached hydrogen (secondary N) is 1. The van der Waals surface area contributed by atoms with Gasteiger partial charge in [-0.25, -0.2) is 0 Å². The Labute approximate surface area is 169 Å². The highest BCUT2D eigenvalue weighted by atomic mass is 32.2. The van der Waals surface area contributed by atoms with Gasteiger partial charge in [0.1, 0.15) is 5.44 Å². The molecule has 0 amide bonds. The van der Waals surface area contributed by atoms with Crippen LogP contribution in [0, 0.1) is 0 Å². The monoisotopic (exact) mass is 398 g/mol. The Bertz CT molecular complexity index is 930. The summed E-state index contributed by atoms with van der Waals surface area (Å²) in [6.45, 7) is 3.14. The van der Waals surface area contributed by atoms with E-state index in [1.807, 2.05) is 12.1 Å². The first-order valence-electron chi connectivity index (χ1n) is 9.67. The van der Waals surface area contributed by atoms with Crippen molar-refractivity contribution in [2.45, 2.75) is 31.2 Å². The molecule has 28 heavy (non-hydrogen) atoms. The summed E-state index contributed by atoms with van der Waals surface area (Å²) in [5, 5.41) is 18.4. The molecule has 0 radical (unpaired) electrons. The Balaban J connectivity index is 1.17. The van der Waals surface area contributed by atoms with Crippen molar-refractivity contribution in [2.24, 2.45) is 0 Å². The molecular weight excluding hydrogens is 372 g/mol. The Morgan fingerprint density at radius 2 is 2.07 bits per heavy atom. The van der Waals surface area contributed by atoms with Crippen LogP contribution in [-0.4, -0.2) is 39.6 Å². The zero-order valence-electron chi connectivity index (χ0n) is 15.8. The summed E-state index contributed by atoms with van der Waals surface area (Å²) < 4.78 is 5.28. The second kappa shape index (κ2) is 8.86. The van der Waals surface area contributed by atoms with E-state index in [4.69, 9.17) is 10.3 Å². The molecule has 0 fully saturated rings. The Morgan fingerprint density at radius 3 is 2.96 bits per heavy atom. The summed E-state index contributed by atoms with van der Waals surface area (Å²) in [6, 6.07) is 14.3. The fourth-order valence-electron chi connectivity index (χ4n) is 3.64. The Morgan fingerprint density at radius 1 is 1.21 bits per heavy atom. The summed E-state index contributed by atoms with van der Waals surface area (Å²) in [6.07, 6.45) is 2.88. The number of nitrogens with zero attached hydrogens (tertiary/aromatic N) is 2. The number of aliphatic hydroxyl groups is 1. The van der Waals surface area contributed by atoms with Crippen molar-refractivity contribution in [3.8, 4) is 0 Å². The van der Waals surface area contributed by atoms with Crippen molar-refractivity contribution >= 4 is 34.2 Å². The van der Waals surface area contributed by atoms with Gasteiger partial charge in [-0.2, -0.15) is 0 Å². The number of rotatable bonds is 8. The molecule has 0 aliphatic carbocycles. The molecule has 6 nitrogen and oxygen atoms in total. The van der Waals surface area contributed by atoms with Crippen LogP contribution in [-0.2, 0) is 13.0 Å². The van der Waals surface area contributed by atoms with Gasteiger partial charge in [-0.15, -0.1) is 11.8 Å². The average Bonchev–Trinajstić information content (AvgIpc) is 3.12. The highest BCUT2D eigenvalue weighted by Crippen LogP contribution is 2.28. The van der Waals surface area contributed by atoms with E-state index in [1.165, 1.54) is 22.9 Å². The minimum atomic E-state index is -0.396. The van der Waals surface area contributed by atoms with Crippen molar-refractivity contribution in [3.05, 3.63) is 53.6 Å². The minimum absolute atomic E-state index is 0.396. The number of para-hydroxylation sites is 1. The van der Waals surface area contributed by atoms with Crippen LogP contribution < -0.4 is 11.1 Å². The van der Waals surface area contributed by atoms with Crippen molar-refractivity contribution in [1.29, 1.82) is 0 Å². The minimum Gasteiger partial charge on any atom is -0.396 e. The molecule has 2 heterocycles. The molecule has 1 aliphatic rings. The Hall–Kier alpha value is -2.22. The van der Waals surface area contributed by atoms with Crippen molar-refractivity contribution in [3.63, 3.8) is 0 Å². The molecule has 3 aromatic rings. The molecule has 7 heteroatoms. The maximum atomic E-state index is 10.3. The lowest BCUT2D eigenvalue weighted by Crippen LogP contribution is -2.31. The van der Waals surface area contributed by atoms with Gasteiger partial charge in [0.15, 0.2) is 11.4 Å². The molecule has 0 saturated carbocycles. The molecule has 0 saturated heterocycles. The largest absolute Gasteiger partial charge is 0.396 e. The van der Waals surface area contributed by atoms with Crippen LogP contribution in [0.5, 0.6) is 0 Å². The number of benzene rings is 2. The van der Waals surface area contributed by atoms with E-state index in [9.17, 15) is 5.11 Å². The van der Waals surface area contributed by atoms with Crippen molar-refractivity contribution < 1.29 is 9.63 Å². The zero-order valence-corrected chi connectivity index (χ0v) is 16.6. The van der Waals surface area contributed by atoms with Crippen LogP contribution in [0.15, 0.2) is 47.0 Å². The number of anilines is 2. The van der Waals surface area contributed by atoms with Gasteiger partial charge in [-0.1, -0.05) is 35.5 Å². The lowest BCUT2D eigenvalue weighted by atomic mass is 10.00. The molecular formula is C21H26N4O2S. The van der Waals surface area contributed by atoms with Gasteiger partial charge in [0.25, 0.3) is 0 Å². The number of hydrogen-bond acceptors (Lipinski definition) is 7. The fraction of sp³-hybridized carbons (Fsp3) is 0.381. The Kier molecular flexibility index (Phi) is 6.04. The second-order valence-electron chi connectivity index (χ2n) is 7.13. The molecule has 0 bridgehead atoms. The van der Waals surface area contributed by atoms with Gasteiger partial charge in [0.2, 0.25) is 0 Å². The van der Waals surface area contributed by atoms with Crippen LogP contribution in [0.25, 0.3) is 11.0 Å². The van der Waals surface area contributed by atoms with Gasteiger partial charge in [0, 0.05) is 13.1 Å². The third-order valence-electron chi connectivity index (χ3n) is 5.18. The van der Waals surface area contributed by atoms with Gasteiger partial charge < -0.3 is 20.7 Å². The van der Waals surface area contributed by atoms with Crippen LogP contribution in [0.1, 0.15) is 24.0 Å². The average molecular weight is 399 g/mol. The quantitative estimate of drug-likeness (QED) is 0.394. The lowest BCUT2D eigenvalue weighted by Gasteiger charge is -2.28. The summed E-state index contributed by atoms with van der Waals surface area (Å²) in [5.41, 5.74) is 9.57. The highest BCUT2D eigenvalue weighted by molar-refractivity contribution is 7.99. The summed E-state index contributed by atoms with van der Waals surface area (Å²) in [4.78, 5) is 2.48. The number of nitrogens with two attached hydrogens (primary N) is 1. The molecule has 148 valence electrons. The topological polar surface area (TPSA) is 87.5 Å². The number of hydrogen-bond donors (Lipinski definition) is 3. The first kappa shape index (κ1) is 19.1. The van der Waals surface area contributed by atoms with E-state index in [-0.39, 0.29) is 0 Å². The summed E-state index contributed by atoms with van der Waals surface area (Å²) >= 11 is 1.48. The number of thioether (sulfide) groups is 1. The third-order valence-corrected chi connectivity index (χ3v) is 6.11. The molecule has 0 unspecified atom stereocenters. The predicted octanol–water partition coefficient (Wildman–Crippen LogP) is 3.67. The van der Waals surface area contributed by atoms with Crippen molar-refractivity contribution in [1.82, 2.24) is 10.1 Å². The van der Waals surface area contributed by atoms with Crippen LogP contribution in [0.4, 0.5) is 11.5 Å². The van der Waals surface area contributed by atoms with E-state index < -0.39 is 5.44 Å². The van der Waals surface area contributed by atoms with E-state index in [0.29, 0.717) is 23.0 Å². The number of aromatic nitrogens is 1. The zero-order chi connectivity index (χ0) is 19.3. The fourth-order valence-corrected chi connectivity index (χ4v) is 4.38. The van der Waals surface area contributed by atoms with Gasteiger partial charge in [-0.3, -0.25) is 4.90 Å². The van der Waals surface area contributed by atoms with Crippen LogP contribution in [0.2, 0.25) is 0 Å². The van der Waals surface area contributed by atoms with Gasteiger partial charge in [-0.05, 0) is 49.1 Å². The SMILES string of the molecule is Nc1cccc2c(NCS[C@H](O)CCCN3CCc4ccccc4C3)noc12. The molecule has 4 rings (SSSR count). The smallest absolute Gasteiger partial charge is 0.191 e. The maximum Gasteiger partial charge on any atom is 0.191 e. The van der Waals surface area contributed by atoms with E-state index in [0.717, 1.165) is 44.3 Å². The molecule has 0 spiro atoms. The number of nitrogen functional groups attached to an aromatic ring is 1. The number of fused-ring (bicyclic) bond motifs is 2. The van der Waals surface area contributed by atoms with E-state index in [2.05, 4.69) is 39.6 Å². The van der Waals surface area contributed by atoms with Crippen LogP contribution in [0.3, 0.4) is 0 Å². The van der Waals surface area contributed by atoms with Gasteiger partial charge in [0.05, 0.1) is 17.0 Å². The highest BCUT2D eigenvalue weighted by Gasteiger charge is 2.16. The standard InChI is InChI=1S/C21H26N4O2S/c22-18-8-3-7-17-20(18)27-24-21(17)23-14-28-19(26)9-4-11-25-12-10-15-5-1-2-6-16(15)13-25/h1-3,5-8,19,26H,4,9-14,22H2,(H,23,24)/t19-/m0/s1. The number of aliphatic hydroxyl groups excluding tert-OH is 1. The molecule has 2 aromatic carbocycles. The molecule has 1 aliphatic heterocycles. The van der Waals surface area contributed by atoms with E-state index >= 15 is 0 Å². The molecule has 4 N–H and O–H groups in total. The first-order chi connectivity index (χ1) is 13.7. The van der Waals surface area contributed by atoms with Gasteiger partial charge >= 0.3 is 0 Å². The molecule has 1 aromatic heterocycles. The normalized spacial score (nSPS) is 15.5. The summed E-state index contributed by atoms with van der Waals surface area (Å²) in [7, 11) is 0. The lowest BCUT2D eigenvalue weighted by molar-refractivity contribution is 0.214. The maximum absolute atomic E-state index is 10.3. The molecule has 1 atom stereocenters. The second-order valence-corrected chi connectivity index (χ2v) is 8.30. The first-order valence-corrected chi connectivity index (χ1v) is 10.7. The summed E-state index contributed by atoms with van der Waals surface area (Å²) in [5.74, 6) is 1.23. The van der Waals surface area contributed by atoms with Crippen LogP contribution >= 0.6 is 11.8 Å². The van der Waals surface area contributed by atoms with Crippen molar-refractivity contribution in [2.75, 3.05) is 30.0 Å².